The van der Waals surface area contributed by atoms with Gasteiger partial charge in [-0.1, -0.05) is 0 Å². The fourth-order valence-corrected chi connectivity index (χ4v) is 4.36. The van der Waals surface area contributed by atoms with E-state index in [0.717, 1.165) is 11.5 Å². The van der Waals surface area contributed by atoms with Crippen molar-refractivity contribution >= 4 is 37.1 Å². The number of anilines is 2. The van der Waals surface area contributed by atoms with E-state index in [1.165, 1.54) is 13.3 Å². The number of esters is 1. The molecule has 0 aliphatic carbocycles. The van der Waals surface area contributed by atoms with Crippen molar-refractivity contribution in [2.45, 2.75) is 50.7 Å². The number of fused-ring (bicyclic) bond motifs is 1. The van der Waals surface area contributed by atoms with Crippen LogP contribution in [-0.2, 0) is 23.4 Å². The van der Waals surface area contributed by atoms with Crippen molar-refractivity contribution in [2.75, 3.05) is 37.9 Å². The van der Waals surface area contributed by atoms with Crippen molar-refractivity contribution in [2.24, 2.45) is 0 Å². The molecule has 4 N–H and O–H groups in total. The molecule has 16 heteroatoms. The summed E-state index contributed by atoms with van der Waals surface area (Å²) < 4.78 is 59.3. The van der Waals surface area contributed by atoms with E-state index >= 15 is 8.78 Å². The van der Waals surface area contributed by atoms with Gasteiger partial charge in [0.25, 0.3) is 14.0 Å². The van der Waals surface area contributed by atoms with Crippen LogP contribution in [0.3, 0.4) is 0 Å². The summed E-state index contributed by atoms with van der Waals surface area (Å²) in [6, 6.07) is -0.996. The quantitative estimate of drug-likeness (QED) is 0.322. The minimum atomic E-state index is -3.18. The minimum absolute atomic E-state index is 0.0564. The number of nitrogens with zero attached hydrogens (tertiary/aromatic N) is 5. The van der Waals surface area contributed by atoms with Crippen molar-refractivity contribution < 1.29 is 37.2 Å². The molecule has 3 rings (SSSR count). The highest BCUT2D eigenvalue weighted by Gasteiger charge is 2.64. The van der Waals surface area contributed by atoms with Crippen LogP contribution in [0.25, 0.3) is 11.2 Å². The van der Waals surface area contributed by atoms with Gasteiger partial charge in [-0.15, -0.1) is 0 Å². The van der Waals surface area contributed by atoms with Gasteiger partial charge in [-0.05, 0) is 20.8 Å². The second-order valence-corrected chi connectivity index (χ2v) is 9.28. The second-order valence-electron chi connectivity index (χ2n) is 8.13. The number of rotatable bonds is 9. The van der Waals surface area contributed by atoms with Crippen molar-refractivity contribution in [3.8, 4) is 0 Å². The number of aliphatic hydroxyl groups is 1. The average Bonchev–Trinajstić information content (AvgIpc) is 3.24. The number of nitrogens with two attached hydrogens (primary N) is 1. The molecule has 190 valence electrons. The number of carbonyl (C=O) groups excluding carboxylic acids is 1. The van der Waals surface area contributed by atoms with Gasteiger partial charge in [0.05, 0.1) is 12.9 Å². The Hall–Kier alpha value is -2.45. The third-order valence-corrected chi connectivity index (χ3v) is 6.28. The topological polar surface area (TPSA) is 167 Å². The van der Waals surface area contributed by atoms with Gasteiger partial charge in [0.1, 0.15) is 12.6 Å². The Morgan fingerprint density at radius 2 is 2.15 bits per heavy atom. The van der Waals surface area contributed by atoms with E-state index in [0.29, 0.717) is 5.82 Å². The summed E-state index contributed by atoms with van der Waals surface area (Å²) in [6.45, 7) is 2.95. The lowest BCUT2D eigenvalue weighted by Crippen LogP contribution is -2.46. The van der Waals surface area contributed by atoms with Crippen LogP contribution in [0.4, 0.5) is 20.5 Å². The van der Waals surface area contributed by atoms with E-state index < -0.39 is 50.7 Å². The SMILES string of the molecule is CCOC(=O)[C@H](C)N[PH](=O)OC[C@@]1(F)O[C@@H](n2cnc3c(N(C)C)nc(N)nc32)[C@](C)(F)[C@@H]1O. The van der Waals surface area contributed by atoms with E-state index in [4.69, 9.17) is 19.7 Å². The van der Waals surface area contributed by atoms with Crippen molar-refractivity contribution in [3.05, 3.63) is 6.33 Å². The van der Waals surface area contributed by atoms with Gasteiger partial charge in [-0.25, -0.2) is 18.9 Å². The molecule has 13 nitrogen and oxygen atoms in total. The molecule has 0 spiro atoms. The molecule has 1 saturated heterocycles. The number of nitrogens with one attached hydrogen (secondary N) is 1. The number of aliphatic hydroxyl groups excluding tert-OH is 1. The molecule has 2 aromatic heterocycles. The average molecular weight is 507 g/mol. The number of hydrogen-bond donors (Lipinski definition) is 3. The maximum atomic E-state index is 15.6. The van der Waals surface area contributed by atoms with Crippen LogP contribution in [-0.4, -0.2) is 81.6 Å². The number of carbonyl (C=O) groups is 1. The molecule has 2 aromatic rings. The fraction of sp³-hybridized carbons (Fsp3) is 0.667. The van der Waals surface area contributed by atoms with Crippen LogP contribution >= 0.6 is 8.18 Å². The summed E-state index contributed by atoms with van der Waals surface area (Å²) in [6.07, 6.45) is -2.88. The first-order valence-electron chi connectivity index (χ1n) is 10.3. The largest absolute Gasteiger partial charge is 0.465 e. The smallest absolute Gasteiger partial charge is 0.323 e. The van der Waals surface area contributed by atoms with Crippen LogP contribution in [0.5, 0.6) is 0 Å². The zero-order chi connectivity index (χ0) is 25.4. The number of halogens is 2. The summed E-state index contributed by atoms with van der Waals surface area (Å²) in [5, 5.41) is 12.8. The molecule has 0 radical (unpaired) electrons. The number of hydrogen-bond acceptors (Lipinski definition) is 11. The Bertz CT molecular complexity index is 1090. The lowest BCUT2D eigenvalue weighted by Gasteiger charge is -2.25. The highest BCUT2D eigenvalue weighted by molar-refractivity contribution is 7.36. The van der Waals surface area contributed by atoms with Crippen LogP contribution in [0.15, 0.2) is 6.33 Å². The van der Waals surface area contributed by atoms with E-state index in [1.54, 1.807) is 25.9 Å². The summed E-state index contributed by atoms with van der Waals surface area (Å²) in [5.74, 6) is -3.55. The zero-order valence-corrected chi connectivity index (χ0v) is 20.3. The van der Waals surface area contributed by atoms with E-state index in [9.17, 15) is 14.5 Å². The standard InChI is InChI=1S/C18H28F2N7O6P/c1-6-31-13(28)9(2)25-34(30)32-7-18(20)14(29)17(3,19)15(33-18)27-8-22-10-11(26(4)5)23-16(21)24-12(10)27/h8-9,14-15,29,34H,6-7H2,1-5H3,(H,25,30)(H2,21,23,24)/t9-,14-,15+,17+,18+/m0/s1. The summed E-state index contributed by atoms with van der Waals surface area (Å²) in [5.41, 5.74) is 3.39. The zero-order valence-electron chi connectivity index (χ0n) is 19.3. The van der Waals surface area contributed by atoms with Gasteiger partial charge in [0.15, 0.2) is 35.0 Å². The fourth-order valence-electron chi connectivity index (χ4n) is 3.47. The predicted molar refractivity (Wildman–Crippen MR) is 118 cm³/mol. The van der Waals surface area contributed by atoms with Gasteiger partial charge in [-0.3, -0.25) is 13.9 Å². The summed E-state index contributed by atoms with van der Waals surface area (Å²) in [7, 11) is 0.208. The van der Waals surface area contributed by atoms with Gasteiger partial charge in [0.2, 0.25) is 5.95 Å². The van der Waals surface area contributed by atoms with Crippen LogP contribution in [0.2, 0.25) is 0 Å². The molecule has 1 fully saturated rings. The van der Waals surface area contributed by atoms with Crippen LogP contribution in [0, 0.1) is 0 Å². The normalized spacial score (nSPS) is 28.7. The molecule has 0 amide bonds. The molecule has 1 aliphatic rings. The Morgan fingerprint density at radius 1 is 1.47 bits per heavy atom. The minimum Gasteiger partial charge on any atom is -0.465 e. The number of alkyl halides is 2. The second kappa shape index (κ2) is 9.66. The molecule has 1 aliphatic heterocycles. The van der Waals surface area contributed by atoms with E-state index in [-0.39, 0.29) is 23.7 Å². The van der Waals surface area contributed by atoms with Gasteiger partial charge >= 0.3 is 5.97 Å². The Kier molecular flexibility index (Phi) is 7.43. The van der Waals surface area contributed by atoms with Crippen molar-refractivity contribution in [3.63, 3.8) is 0 Å². The molecule has 34 heavy (non-hydrogen) atoms. The number of ether oxygens (including phenoxy) is 2. The molecular formula is C18H28F2N7O6P. The van der Waals surface area contributed by atoms with Crippen molar-refractivity contribution in [1.82, 2.24) is 24.6 Å². The van der Waals surface area contributed by atoms with Crippen LogP contribution in [0.1, 0.15) is 27.0 Å². The molecule has 0 aromatic carbocycles. The number of imidazole rings is 1. The molecule has 1 unspecified atom stereocenters. The molecule has 3 heterocycles. The Labute approximate surface area is 194 Å². The number of aromatic nitrogens is 4. The highest BCUT2D eigenvalue weighted by Crippen LogP contribution is 2.49. The van der Waals surface area contributed by atoms with E-state index in [2.05, 4.69) is 20.0 Å². The maximum Gasteiger partial charge on any atom is 0.323 e. The first-order chi connectivity index (χ1) is 15.8. The first-order valence-corrected chi connectivity index (χ1v) is 11.6. The molecule has 6 atom stereocenters. The molecular weight excluding hydrogens is 479 g/mol. The maximum absolute atomic E-state index is 15.6. The monoisotopic (exact) mass is 507 g/mol. The van der Waals surface area contributed by atoms with Gasteiger partial charge < -0.3 is 29.7 Å². The summed E-state index contributed by atoms with van der Waals surface area (Å²) in [4.78, 5) is 25.6. The van der Waals surface area contributed by atoms with Gasteiger partial charge in [0, 0.05) is 14.1 Å². The molecule has 0 bridgehead atoms. The third kappa shape index (κ3) is 4.84. The molecule has 0 saturated carbocycles. The summed E-state index contributed by atoms with van der Waals surface area (Å²) >= 11 is 0. The van der Waals surface area contributed by atoms with Crippen LogP contribution < -0.4 is 15.7 Å². The Balaban J connectivity index is 1.82. The third-order valence-electron chi connectivity index (χ3n) is 5.20. The first kappa shape index (κ1) is 26.2. The predicted octanol–water partition coefficient (Wildman–Crippen LogP) is 0.706. The Morgan fingerprint density at radius 3 is 2.76 bits per heavy atom. The lowest BCUT2D eigenvalue weighted by molar-refractivity contribution is -0.201. The van der Waals surface area contributed by atoms with Crippen molar-refractivity contribution in [1.29, 1.82) is 0 Å². The van der Waals surface area contributed by atoms with Gasteiger partial charge in [-0.2, -0.15) is 9.97 Å². The lowest BCUT2D eigenvalue weighted by atomic mass is 9.97. The highest BCUT2D eigenvalue weighted by atomic mass is 31.1. The van der Waals surface area contributed by atoms with E-state index in [1.807, 2.05) is 0 Å². The number of nitrogen functional groups attached to an aromatic ring is 1.